The standard InChI is InChI=1S/C5H9O5P.5CH4/c6-1-5-2-8-11(7,9-3-5)10-4-5;;;;;/h6H,1-4H2;5*1H4. The number of hydrogen-bond donors (Lipinski definition) is 1. The second-order valence-corrected chi connectivity index (χ2v) is 4.59. The summed E-state index contributed by atoms with van der Waals surface area (Å²) in [5, 5.41) is 8.92. The lowest BCUT2D eigenvalue weighted by Crippen LogP contribution is -2.47. The molecule has 6 heteroatoms. The van der Waals surface area contributed by atoms with Crippen LogP contribution in [0, 0.1) is 5.41 Å². The van der Waals surface area contributed by atoms with E-state index in [4.69, 9.17) is 18.7 Å². The van der Waals surface area contributed by atoms with Crippen LogP contribution in [0.4, 0.5) is 0 Å². The molecule has 3 rings (SSSR count). The highest BCUT2D eigenvalue weighted by atomic mass is 31.2. The summed E-state index contributed by atoms with van der Waals surface area (Å²) in [4.78, 5) is 0. The number of phosphoric ester groups is 1. The van der Waals surface area contributed by atoms with E-state index in [1.807, 2.05) is 0 Å². The minimum Gasteiger partial charge on any atom is -0.396 e. The van der Waals surface area contributed by atoms with Crippen LogP contribution in [0.2, 0.25) is 0 Å². The first-order chi connectivity index (χ1) is 5.18. The predicted octanol–water partition coefficient (Wildman–Crippen LogP) is 3.33. The summed E-state index contributed by atoms with van der Waals surface area (Å²) in [6, 6.07) is 0. The van der Waals surface area contributed by atoms with Gasteiger partial charge in [0.1, 0.15) is 0 Å². The Kier molecular flexibility index (Phi) is 12.8. The zero-order valence-electron chi connectivity index (χ0n) is 5.86. The predicted molar refractivity (Wildman–Crippen MR) is 68.6 cm³/mol. The van der Waals surface area contributed by atoms with E-state index in [9.17, 15) is 4.57 Å². The molecule has 3 aliphatic heterocycles. The van der Waals surface area contributed by atoms with Crippen LogP contribution in [0.3, 0.4) is 0 Å². The Morgan fingerprint density at radius 3 is 1.50 bits per heavy atom. The van der Waals surface area contributed by atoms with Crippen molar-refractivity contribution in [2.45, 2.75) is 37.1 Å². The van der Waals surface area contributed by atoms with Gasteiger partial charge < -0.3 is 5.11 Å². The van der Waals surface area contributed by atoms with Gasteiger partial charge in [-0.15, -0.1) is 0 Å². The molecular formula is C10H29O5P. The highest BCUT2D eigenvalue weighted by Crippen LogP contribution is 2.59. The molecule has 0 aliphatic carbocycles. The van der Waals surface area contributed by atoms with Crippen molar-refractivity contribution in [3.05, 3.63) is 0 Å². The zero-order chi connectivity index (χ0) is 7.95. The average Bonchev–Trinajstić information content (AvgIpc) is 2.07. The van der Waals surface area contributed by atoms with Crippen LogP contribution >= 0.6 is 7.82 Å². The molecule has 0 atom stereocenters. The van der Waals surface area contributed by atoms with Crippen molar-refractivity contribution in [3.8, 4) is 0 Å². The van der Waals surface area contributed by atoms with Crippen molar-refractivity contribution >= 4 is 7.82 Å². The van der Waals surface area contributed by atoms with Gasteiger partial charge in [-0.3, -0.25) is 13.6 Å². The smallest absolute Gasteiger partial charge is 0.396 e. The van der Waals surface area contributed by atoms with Gasteiger partial charge in [0.15, 0.2) is 0 Å². The van der Waals surface area contributed by atoms with Crippen LogP contribution in [0.1, 0.15) is 37.1 Å². The van der Waals surface area contributed by atoms with Gasteiger partial charge in [0.2, 0.25) is 0 Å². The van der Waals surface area contributed by atoms with Gasteiger partial charge in [-0.05, 0) is 0 Å². The molecule has 5 nitrogen and oxygen atoms in total. The van der Waals surface area contributed by atoms with Crippen molar-refractivity contribution in [2.75, 3.05) is 26.4 Å². The van der Waals surface area contributed by atoms with Gasteiger partial charge in [0.05, 0.1) is 31.8 Å². The molecule has 0 spiro atoms. The molecule has 0 aromatic heterocycles. The van der Waals surface area contributed by atoms with Crippen molar-refractivity contribution in [2.24, 2.45) is 5.41 Å². The maximum Gasteiger partial charge on any atom is 0.474 e. The number of rotatable bonds is 1. The normalized spacial score (nSPS) is 34.1. The fourth-order valence-electron chi connectivity index (χ4n) is 1.02. The third-order valence-electron chi connectivity index (χ3n) is 1.92. The molecule has 3 fully saturated rings. The Bertz CT molecular complexity index is 188. The Morgan fingerprint density at radius 2 is 1.25 bits per heavy atom. The number of phosphoric acid groups is 1. The first-order valence-electron chi connectivity index (χ1n) is 3.33. The fraction of sp³-hybridized carbons (Fsp3) is 1.00. The van der Waals surface area contributed by atoms with E-state index < -0.39 is 13.2 Å². The molecule has 0 amide bonds. The average molecular weight is 260 g/mol. The minimum atomic E-state index is -3.20. The summed E-state index contributed by atoms with van der Waals surface area (Å²) in [7, 11) is -3.20. The highest BCUT2D eigenvalue weighted by Gasteiger charge is 2.50. The molecule has 0 aromatic carbocycles. The summed E-state index contributed by atoms with van der Waals surface area (Å²) in [6.45, 7) is 0.731. The van der Waals surface area contributed by atoms with Crippen molar-refractivity contribution in [3.63, 3.8) is 0 Å². The van der Waals surface area contributed by atoms with E-state index in [0.717, 1.165) is 0 Å². The quantitative estimate of drug-likeness (QED) is 0.732. The Hall–Kier alpha value is 0.0700. The SMILES string of the molecule is C.C.C.C.C.O=P12OCC(CO)(CO1)CO2. The van der Waals surface area contributed by atoms with E-state index in [2.05, 4.69) is 0 Å². The van der Waals surface area contributed by atoms with E-state index in [1.165, 1.54) is 0 Å². The molecule has 2 bridgehead atoms. The summed E-state index contributed by atoms with van der Waals surface area (Å²) in [6.07, 6.45) is 0. The van der Waals surface area contributed by atoms with Gasteiger partial charge in [-0.1, -0.05) is 37.1 Å². The van der Waals surface area contributed by atoms with Crippen molar-refractivity contribution in [1.82, 2.24) is 0 Å². The van der Waals surface area contributed by atoms with Crippen LogP contribution < -0.4 is 0 Å². The second kappa shape index (κ2) is 8.20. The van der Waals surface area contributed by atoms with E-state index in [1.54, 1.807) is 0 Å². The largest absolute Gasteiger partial charge is 0.474 e. The van der Waals surface area contributed by atoms with Gasteiger partial charge >= 0.3 is 7.82 Å². The molecule has 16 heavy (non-hydrogen) atoms. The fourth-order valence-corrected chi connectivity index (χ4v) is 2.54. The second-order valence-electron chi connectivity index (χ2n) is 2.93. The molecule has 104 valence electrons. The monoisotopic (exact) mass is 260 g/mol. The molecule has 3 saturated heterocycles. The summed E-state index contributed by atoms with van der Waals surface area (Å²) >= 11 is 0. The van der Waals surface area contributed by atoms with Gasteiger partial charge in [0, 0.05) is 0 Å². The Balaban J connectivity index is -0.000000144. The number of hydrogen-bond acceptors (Lipinski definition) is 5. The van der Waals surface area contributed by atoms with Crippen molar-refractivity contribution < 1.29 is 23.2 Å². The molecular weight excluding hydrogens is 231 g/mol. The maximum atomic E-state index is 11.1. The van der Waals surface area contributed by atoms with E-state index >= 15 is 0 Å². The van der Waals surface area contributed by atoms with E-state index in [-0.39, 0.29) is 63.6 Å². The third kappa shape index (κ3) is 4.15. The molecule has 3 heterocycles. The number of fused-ring (bicyclic) bond motifs is 3. The molecule has 1 N–H and O–H groups in total. The number of aliphatic hydroxyl groups is 1. The summed E-state index contributed by atoms with van der Waals surface area (Å²) < 4.78 is 25.6. The summed E-state index contributed by atoms with van der Waals surface area (Å²) in [5.74, 6) is 0. The first-order valence-corrected chi connectivity index (χ1v) is 4.79. The van der Waals surface area contributed by atoms with Crippen LogP contribution in [0.5, 0.6) is 0 Å². The molecule has 0 saturated carbocycles. The molecule has 0 radical (unpaired) electrons. The lowest BCUT2D eigenvalue weighted by molar-refractivity contribution is -0.114. The molecule has 0 aromatic rings. The Labute approximate surface area is 101 Å². The van der Waals surface area contributed by atoms with E-state index in [0.29, 0.717) is 0 Å². The lowest BCUT2D eigenvalue weighted by atomic mass is 9.93. The molecule has 3 aliphatic rings. The minimum absolute atomic E-state index is 0. The van der Waals surface area contributed by atoms with Crippen molar-refractivity contribution in [1.29, 1.82) is 0 Å². The number of aliphatic hydroxyl groups excluding tert-OH is 1. The van der Waals surface area contributed by atoms with Crippen LogP contribution in [0.25, 0.3) is 0 Å². The third-order valence-corrected chi connectivity index (χ3v) is 3.26. The van der Waals surface area contributed by atoms with Crippen LogP contribution in [0.15, 0.2) is 0 Å². The van der Waals surface area contributed by atoms with Gasteiger partial charge in [0.25, 0.3) is 0 Å². The highest BCUT2D eigenvalue weighted by molar-refractivity contribution is 7.48. The first kappa shape index (κ1) is 25.1. The maximum absolute atomic E-state index is 11.1. The molecule has 0 unspecified atom stereocenters. The lowest BCUT2D eigenvalue weighted by Gasteiger charge is -2.42. The van der Waals surface area contributed by atoms with Crippen LogP contribution in [-0.2, 0) is 18.1 Å². The summed E-state index contributed by atoms with van der Waals surface area (Å²) in [5.41, 5.74) is -0.480. The Morgan fingerprint density at radius 1 is 0.938 bits per heavy atom. The van der Waals surface area contributed by atoms with Gasteiger partial charge in [-0.25, -0.2) is 4.57 Å². The zero-order valence-corrected chi connectivity index (χ0v) is 6.75. The van der Waals surface area contributed by atoms with Gasteiger partial charge in [-0.2, -0.15) is 0 Å². The van der Waals surface area contributed by atoms with Crippen LogP contribution in [-0.4, -0.2) is 31.5 Å². The topological polar surface area (TPSA) is 65.0 Å².